The normalized spacial score (nSPS) is 26.9. The van der Waals surface area contributed by atoms with E-state index >= 15 is 0 Å². The molecule has 2 saturated heterocycles. The highest BCUT2D eigenvalue weighted by Crippen LogP contribution is 2.18. The lowest BCUT2D eigenvalue weighted by molar-refractivity contribution is -0.134. The first-order valence-electron chi connectivity index (χ1n) is 8.31. The fraction of sp³-hybridized carbons (Fsp3) is 0.938. The molecule has 0 saturated carbocycles. The standard InChI is InChI=1S/C16H30N2O2/c1-13(2)18(12-14-6-3-4-10-17-14)16(19)9-8-15-7-5-11-20-15/h13-15,17H,3-12H2,1-2H3. The minimum atomic E-state index is 0.288. The first-order valence-corrected chi connectivity index (χ1v) is 8.31. The van der Waals surface area contributed by atoms with Gasteiger partial charge in [0.25, 0.3) is 0 Å². The molecule has 2 aliphatic heterocycles. The minimum Gasteiger partial charge on any atom is -0.378 e. The molecule has 2 rings (SSSR count). The van der Waals surface area contributed by atoms with Crippen LogP contribution >= 0.6 is 0 Å². The van der Waals surface area contributed by atoms with Crippen LogP contribution in [0.5, 0.6) is 0 Å². The maximum atomic E-state index is 12.5. The third-order valence-electron chi connectivity index (χ3n) is 4.48. The Morgan fingerprint density at radius 2 is 2.15 bits per heavy atom. The summed E-state index contributed by atoms with van der Waals surface area (Å²) in [6.07, 6.45) is 7.87. The quantitative estimate of drug-likeness (QED) is 0.813. The molecule has 2 aliphatic rings. The lowest BCUT2D eigenvalue weighted by Crippen LogP contribution is -2.48. The van der Waals surface area contributed by atoms with Crippen LogP contribution in [0, 0.1) is 0 Å². The molecule has 0 radical (unpaired) electrons. The zero-order valence-electron chi connectivity index (χ0n) is 13.1. The largest absolute Gasteiger partial charge is 0.378 e. The molecule has 0 aromatic heterocycles. The molecular formula is C16H30N2O2. The van der Waals surface area contributed by atoms with E-state index in [0.717, 1.165) is 39.0 Å². The van der Waals surface area contributed by atoms with Crippen LogP contribution in [0.4, 0.5) is 0 Å². The molecule has 0 bridgehead atoms. The summed E-state index contributed by atoms with van der Waals surface area (Å²) >= 11 is 0. The molecule has 1 N–H and O–H groups in total. The van der Waals surface area contributed by atoms with Crippen LogP contribution in [0.3, 0.4) is 0 Å². The molecule has 2 unspecified atom stereocenters. The van der Waals surface area contributed by atoms with Crippen molar-refractivity contribution >= 4 is 5.91 Å². The summed E-state index contributed by atoms with van der Waals surface area (Å²) in [4.78, 5) is 14.5. The molecule has 2 fully saturated rings. The monoisotopic (exact) mass is 282 g/mol. The first-order chi connectivity index (χ1) is 9.66. The molecule has 1 amide bonds. The molecule has 2 heterocycles. The average Bonchev–Trinajstić information content (AvgIpc) is 2.96. The van der Waals surface area contributed by atoms with Crippen LogP contribution in [0.1, 0.15) is 58.8 Å². The Morgan fingerprint density at radius 1 is 1.30 bits per heavy atom. The number of piperidine rings is 1. The van der Waals surface area contributed by atoms with Crippen molar-refractivity contribution in [2.45, 2.75) is 77.0 Å². The van der Waals surface area contributed by atoms with Crippen LogP contribution < -0.4 is 5.32 Å². The highest BCUT2D eigenvalue weighted by molar-refractivity contribution is 5.76. The Hall–Kier alpha value is -0.610. The number of hydrogen-bond acceptors (Lipinski definition) is 3. The Labute approximate surface area is 123 Å². The van der Waals surface area contributed by atoms with Gasteiger partial charge in [-0.1, -0.05) is 6.42 Å². The number of rotatable bonds is 6. The summed E-state index contributed by atoms with van der Waals surface area (Å²) in [5.41, 5.74) is 0. The summed E-state index contributed by atoms with van der Waals surface area (Å²) in [5.74, 6) is 0.294. The fourth-order valence-electron chi connectivity index (χ4n) is 3.22. The molecular weight excluding hydrogens is 252 g/mol. The molecule has 4 nitrogen and oxygen atoms in total. The molecule has 0 aliphatic carbocycles. The topological polar surface area (TPSA) is 41.6 Å². The molecule has 20 heavy (non-hydrogen) atoms. The number of carbonyl (C=O) groups is 1. The van der Waals surface area contributed by atoms with Crippen molar-refractivity contribution in [2.24, 2.45) is 0 Å². The van der Waals surface area contributed by atoms with Gasteiger partial charge in [-0.15, -0.1) is 0 Å². The Morgan fingerprint density at radius 3 is 2.75 bits per heavy atom. The number of ether oxygens (including phenoxy) is 1. The van der Waals surface area contributed by atoms with Crippen molar-refractivity contribution in [3.63, 3.8) is 0 Å². The Bertz CT molecular complexity index is 295. The number of carbonyl (C=O) groups excluding carboxylic acids is 1. The molecule has 0 spiro atoms. The van der Waals surface area contributed by atoms with E-state index in [1.807, 2.05) is 0 Å². The van der Waals surface area contributed by atoms with E-state index in [1.54, 1.807) is 0 Å². The summed E-state index contributed by atoms with van der Waals surface area (Å²) in [5, 5.41) is 3.54. The zero-order valence-corrected chi connectivity index (χ0v) is 13.1. The van der Waals surface area contributed by atoms with E-state index in [9.17, 15) is 4.79 Å². The maximum Gasteiger partial charge on any atom is 0.222 e. The predicted octanol–water partition coefficient (Wildman–Crippen LogP) is 2.32. The van der Waals surface area contributed by atoms with Gasteiger partial charge in [-0.2, -0.15) is 0 Å². The summed E-state index contributed by atoms with van der Waals surface area (Å²) in [6, 6.07) is 0.772. The van der Waals surface area contributed by atoms with Gasteiger partial charge in [0.15, 0.2) is 0 Å². The van der Waals surface area contributed by atoms with Gasteiger partial charge in [-0.25, -0.2) is 0 Å². The fourth-order valence-corrected chi connectivity index (χ4v) is 3.22. The van der Waals surface area contributed by atoms with Gasteiger partial charge in [0, 0.05) is 31.7 Å². The number of hydrogen-bond donors (Lipinski definition) is 1. The summed E-state index contributed by atoms with van der Waals surface area (Å²) in [6.45, 7) is 7.07. The van der Waals surface area contributed by atoms with E-state index in [-0.39, 0.29) is 6.04 Å². The summed E-state index contributed by atoms with van der Waals surface area (Å²) < 4.78 is 5.61. The van der Waals surface area contributed by atoms with Gasteiger partial charge in [0.05, 0.1) is 6.10 Å². The van der Waals surface area contributed by atoms with Crippen LogP contribution in [0.25, 0.3) is 0 Å². The van der Waals surface area contributed by atoms with Crippen molar-refractivity contribution in [1.82, 2.24) is 10.2 Å². The van der Waals surface area contributed by atoms with Gasteiger partial charge in [0.1, 0.15) is 0 Å². The van der Waals surface area contributed by atoms with Crippen molar-refractivity contribution in [3.05, 3.63) is 0 Å². The second-order valence-corrected chi connectivity index (χ2v) is 6.46. The highest BCUT2D eigenvalue weighted by Gasteiger charge is 2.24. The van der Waals surface area contributed by atoms with Crippen molar-refractivity contribution < 1.29 is 9.53 Å². The van der Waals surface area contributed by atoms with Crippen LogP contribution in [0.2, 0.25) is 0 Å². The van der Waals surface area contributed by atoms with Crippen LogP contribution in [-0.2, 0) is 9.53 Å². The van der Waals surface area contributed by atoms with Gasteiger partial charge >= 0.3 is 0 Å². The molecule has 116 valence electrons. The van der Waals surface area contributed by atoms with E-state index in [0.29, 0.717) is 24.5 Å². The third kappa shape index (κ3) is 4.74. The molecule has 2 atom stereocenters. The molecule has 0 aromatic rings. The lowest BCUT2D eigenvalue weighted by Gasteiger charge is -2.33. The minimum absolute atomic E-state index is 0.288. The third-order valence-corrected chi connectivity index (χ3v) is 4.48. The number of nitrogens with zero attached hydrogens (tertiary/aromatic N) is 1. The summed E-state index contributed by atoms with van der Waals surface area (Å²) in [7, 11) is 0. The van der Waals surface area contributed by atoms with Crippen molar-refractivity contribution in [3.8, 4) is 0 Å². The van der Waals surface area contributed by atoms with Gasteiger partial charge in [-0.3, -0.25) is 4.79 Å². The van der Waals surface area contributed by atoms with Crippen LogP contribution in [-0.4, -0.2) is 48.7 Å². The zero-order chi connectivity index (χ0) is 14.4. The second-order valence-electron chi connectivity index (χ2n) is 6.46. The molecule has 0 aromatic carbocycles. The van der Waals surface area contributed by atoms with E-state index in [1.165, 1.54) is 19.3 Å². The number of nitrogens with one attached hydrogen (secondary N) is 1. The van der Waals surface area contributed by atoms with Gasteiger partial charge in [-0.05, 0) is 52.5 Å². The van der Waals surface area contributed by atoms with Gasteiger partial charge in [0.2, 0.25) is 5.91 Å². The lowest BCUT2D eigenvalue weighted by atomic mass is 10.0. The van der Waals surface area contributed by atoms with Crippen molar-refractivity contribution in [1.29, 1.82) is 0 Å². The highest BCUT2D eigenvalue weighted by atomic mass is 16.5. The smallest absolute Gasteiger partial charge is 0.222 e. The second kappa shape index (κ2) is 7.99. The number of amides is 1. The van der Waals surface area contributed by atoms with Crippen molar-refractivity contribution in [2.75, 3.05) is 19.7 Å². The Kier molecular flexibility index (Phi) is 6.30. The van der Waals surface area contributed by atoms with E-state index in [4.69, 9.17) is 4.74 Å². The average molecular weight is 282 g/mol. The SMILES string of the molecule is CC(C)N(CC1CCCCN1)C(=O)CCC1CCCO1. The molecule has 4 heteroatoms. The van der Waals surface area contributed by atoms with Gasteiger partial charge < -0.3 is 15.0 Å². The van der Waals surface area contributed by atoms with E-state index < -0.39 is 0 Å². The van der Waals surface area contributed by atoms with E-state index in [2.05, 4.69) is 24.1 Å². The van der Waals surface area contributed by atoms with Crippen LogP contribution in [0.15, 0.2) is 0 Å². The first kappa shape index (κ1) is 15.8. The Balaban J connectivity index is 1.78. The maximum absolute atomic E-state index is 12.5. The predicted molar refractivity (Wildman–Crippen MR) is 80.7 cm³/mol.